The van der Waals surface area contributed by atoms with E-state index in [4.69, 9.17) is 24.1 Å². The second-order valence-corrected chi connectivity index (χ2v) is 15.0. The van der Waals surface area contributed by atoms with Crippen LogP contribution in [0, 0.1) is 5.92 Å². The third kappa shape index (κ3) is 27.3. The summed E-state index contributed by atoms with van der Waals surface area (Å²) >= 11 is 0. The zero-order valence-electron chi connectivity index (χ0n) is 38.0. The van der Waals surface area contributed by atoms with Crippen LogP contribution in [0.4, 0.5) is 4.39 Å². The summed E-state index contributed by atoms with van der Waals surface area (Å²) in [7, 11) is 0. The van der Waals surface area contributed by atoms with Gasteiger partial charge in [-0.05, 0) is 19.3 Å². The lowest BCUT2D eigenvalue weighted by Crippen LogP contribution is -2.60. The third-order valence-electron chi connectivity index (χ3n) is 8.93. The topological polar surface area (TPSA) is 403 Å². The fraction of sp³-hybridized carbons (Fsp3) is 0.692. The summed E-state index contributed by atoms with van der Waals surface area (Å²) < 4.78 is 34.9. The first kappa shape index (κ1) is 59.6. The Morgan fingerprint density at radius 2 is 1.13 bits per heavy atom. The molecule has 0 fully saturated rings. The quantitative estimate of drug-likeness (QED) is 0.0279. The average molecular weight is 978 g/mol. The molecule has 0 bridgehead atoms. The molecule has 29 heteroatoms. The standard InChI is InChI=1S/C39H63FN10O18/c1-23(2)34(47-36(61)26(4-5-30(52)53)45-38(63)27(18-32(56)57)44-29(51)21-41-20-25-22-50(9-7-40)49-48-25)39(64)46-28(19-33(58)59)37(62)43-24(3)35(60)42-8-11-66-13-15-68-17-16-67-14-12-65-10-6-31(54)55/h22-24,26-28,34,41H,4-21H2,1-3H3,(H,42,60)(H,43,62)(H,44,51)(H,45,63)(H,46,64)(H,47,61)(H,52,53)(H,54,55)(H,56,57)(H,58,59)/t24-,26-,27-,28-,34-/m0/s1/i40-1. The monoisotopic (exact) mass is 977 g/mol. The van der Waals surface area contributed by atoms with Crippen LogP contribution in [0.2, 0.25) is 0 Å². The van der Waals surface area contributed by atoms with Crippen molar-refractivity contribution in [1.82, 2.24) is 52.2 Å². The number of ether oxygens (including phenoxy) is 4. The Morgan fingerprint density at radius 3 is 1.68 bits per heavy atom. The number of hydrogen-bond donors (Lipinski definition) is 11. The predicted octanol–water partition coefficient (Wildman–Crippen LogP) is -4.09. The summed E-state index contributed by atoms with van der Waals surface area (Å²) in [6.07, 6.45) is -1.86. The van der Waals surface area contributed by atoms with Gasteiger partial charge in [0.1, 0.15) is 36.9 Å². The highest BCUT2D eigenvalue weighted by molar-refractivity contribution is 5.98. The van der Waals surface area contributed by atoms with Crippen LogP contribution in [0.5, 0.6) is 0 Å². The minimum atomic E-state index is -1.77. The van der Waals surface area contributed by atoms with Gasteiger partial charge in [-0.25, -0.2) is 9.07 Å². The van der Waals surface area contributed by atoms with Gasteiger partial charge < -0.3 is 76.6 Å². The normalized spacial score (nSPS) is 13.2. The minimum absolute atomic E-state index is 0.00947. The number of hydrogen-bond acceptors (Lipinski definition) is 17. The Labute approximate surface area is 389 Å². The van der Waals surface area contributed by atoms with Crippen molar-refractivity contribution in [1.29, 1.82) is 0 Å². The molecule has 0 saturated heterocycles. The van der Waals surface area contributed by atoms with Gasteiger partial charge in [-0.2, -0.15) is 0 Å². The van der Waals surface area contributed by atoms with Crippen molar-refractivity contribution in [3.8, 4) is 0 Å². The number of carboxylic acids is 4. The van der Waals surface area contributed by atoms with Gasteiger partial charge in [-0.1, -0.05) is 19.1 Å². The van der Waals surface area contributed by atoms with Crippen molar-refractivity contribution >= 4 is 59.3 Å². The van der Waals surface area contributed by atoms with Gasteiger partial charge in [0, 0.05) is 25.7 Å². The Kier molecular flexibility index (Phi) is 29.7. The maximum Gasteiger partial charge on any atom is 0.305 e. The van der Waals surface area contributed by atoms with Crippen LogP contribution < -0.4 is 37.2 Å². The van der Waals surface area contributed by atoms with Gasteiger partial charge in [0.15, 0.2) is 0 Å². The molecule has 0 aliphatic carbocycles. The molecule has 384 valence electrons. The molecule has 11 N–H and O–H groups in total. The Balaban J connectivity index is 2.79. The number of alkyl halides is 1. The molecule has 0 unspecified atom stereocenters. The zero-order chi connectivity index (χ0) is 51.0. The van der Waals surface area contributed by atoms with E-state index in [2.05, 4.69) is 47.5 Å². The van der Waals surface area contributed by atoms with E-state index in [9.17, 15) is 67.7 Å². The van der Waals surface area contributed by atoms with Crippen LogP contribution >= 0.6 is 0 Å². The van der Waals surface area contributed by atoms with Gasteiger partial charge >= 0.3 is 23.9 Å². The molecule has 1 aromatic heterocycles. The van der Waals surface area contributed by atoms with Crippen molar-refractivity contribution in [3.63, 3.8) is 0 Å². The van der Waals surface area contributed by atoms with E-state index in [0.717, 1.165) is 0 Å². The predicted molar refractivity (Wildman–Crippen MR) is 228 cm³/mol. The number of aliphatic carboxylic acids is 4. The number of aryl methyl sites for hydroxylation is 1. The molecule has 5 atom stereocenters. The van der Waals surface area contributed by atoms with Gasteiger partial charge in [0.25, 0.3) is 0 Å². The first-order chi connectivity index (χ1) is 32.2. The molecule has 0 radical (unpaired) electrons. The molecule has 0 aromatic carbocycles. The molecule has 1 aromatic rings. The van der Waals surface area contributed by atoms with Crippen LogP contribution in [0.3, 0.4) is 0 Å². The zero-order valence-corrected chi connectivity index (χ0v) is 38.0. The molecule has 28 nitrogen and oxygen atoms in total. The largest absolute Gasteiger partial charge is 0.481 e. The van der Waals surface area contributed by atoms with Crippen LogP contribution in [0.15, 0.2) is 6.20 Å². The lowest BCUT2D eigenvalue weighted by atomic mass is 10.0. The SMILES string of the molecule is CC(C)[C@H](NC(=O)[C@H](CCC(=O)O)NC(=O)[C@H](CC(=O)O)NC(=O)CNCc1cn(CC[18F])nn1)C(=O)N[C@@H](CC(=O)O)C(=O)N[C@@H](C)C(=O)NCCOCCOCCOCCOCCC(=O)O. The summed E-state index contributed by atoms with van der Waals surface area (Å²) in [4.78, 5) is 124. The van der Waals surface area contributed by atoms with Crippen molar-refractivity contribution in [2.45, 2.75) is 96.2 Å². The Morgan fingerprint density at radius 1 is 0.618 bits per heavy atom. The maximum absolute atomic E-state index is 13.6. The van der Waals surface area contributed by atoms with Crippen LogP contribution in [0.25, 0.3) is 0 Å². The molecular formula is C39H63FN10O18. The number of nitrogens with one attached hydrogen (secondary N) is 7. The van der Waals surface area contributed by atoms with Crippen LogP contribution in [-0.2, 0) is 80.0 Å². The van der Waals surface area contributed by atoms with Gasteiger partial charge in [0.2, 0.25) is 35.4 Å². The average Bonchev–Trinajstić information content (AvgIpc) is 3.71. The molecule has 0 saturated carbocycles. The highest BCUT2D eigenvalue weighted by atomic mass is 18.2. The number of carbonyl (C=O) groups excluding carboxylic acids is 6. The number of carbonyl (C=O) groups is 10. The summed E-state index contributed by atoms with van der Waals surface area (Å²) in [6.45, 7) is 4.66. The molecular weight excluding hydrogens is 914 g/mol. The Bertz CT molecular complexity index is 1800. The number of nitrogens with zero attached hydrogens (tertiary/aromatic N) is 3. The van der Waals surface area contributed by atoms with Crippen molar-refractivity contribution in [2.24, 2.45) is 5.92 Å². The maximum atomic E-state index is 13.6. The fourth-order valence-electron chi connectivity index (χ4n) is 5.49. The number of rotatable bonds is 39. The van der Waals surface area contributed by atoms with Gasteiger partial charge in [-0.3, -0.25) is 47.9 Å². The third-order valence-corrected chi connectivity index (χ3v) is 8.93. The lowest BCUT2D eigenvalue weighted by molar-refractivity contribution is -0.142. The molecule has 68 heavy (non-hydrogen) atoms. The van der Waals surface area contributed by atoms with E-state index >= 15 is 0 Å². The first-order valence-electron chi connectivity index (χ1n) is 21.4. The lowest BCUT2D eigenvalue weighted by Gasteiger charge is -2.28. The van der Waals surface area contributed by atoms with E-state index in [-0.39, 0.29) is 78.9 Å². The number of carboxylic acid groups (broad SMARTS) is 4. The van der Waals surface area contributed by atoms with E-state index in [0.29, 0.717) is 5.69 Å². The fourth-order valence-corrected chi connectivity index (χ4v) is 5.49. The van der Waals surface area contributed by atoms with Crippen LogP contribution in [-0.4, -0.2) is 198 Å². The molecule has 6 amide bonds. The Hall–Kier alpha value is -6.43. The minimum Gasteiger partial charge on any atom is -0.481 e. The molecule has 1 heterocycles. The highest BCUT2D eigenvalue weighted by Gasteiger charge is 2.34. The molecule has 0 aliphatic rings. The smallest absolute Gasteiger partial charge is 0.305 e. The summed E-state index contributed by atoms with van der Waals surface area (Å²) in [5.74, 6) is -12.2. The molecule has 0 aliphatic heterocycles. The summed E-state index contributed by atoms with van der Waals surface area (Å²) in [6, 6.07) is -8.02. The van der Waals surface area contributed by atoms with Crippen LogP contribution in [0.1, 0.15) is 58.6 Å². The van der Waals surface area contributed by atoms with E-state index < -0.39 is 134 Å². The van der Waals surface area contributed by atoms with E-state index in [1.54, 1.807) is 0 Å². The number of amides is 6. The number of halogens is 1. The van der Waals surface area contributed by atoms with E-state index in [1.165, 1.54) is 31.6 Å². The van der Waals surface area contributed by atoms with Crippen molar-refractivity contribution in [2.75, 3.05) is 72.6 Å². The van der Waals surface area contributed by atoms with Gasteiger partial charge in [-0.15, -0.1) is 5.10 Å². The molecule has 1 rings (SSSR count). The second-order valence-electron chi connectivity index (χ2n) is 15.0. The van der Waals surface area contributed by atoms with Gasteiger partial charge in [0.05, 0.1) is 90.9 Å². The van der Waals surface area contributed by atoms with E-state index in [1.807, 2.05) is 0 Å². The highest BCUT2D eigenvalue weighted by Crippen LogP contribution is 2.08. The van der Waals surface area contributed by atoms with Crippen molar-refractivity contribution < 1.29 is 91.7 Å². The first-order valence-corrected chi connectivity index (χ1v) is 21.4. The second kappa shape index (κ2) is 33.9. The number of aromatic nitrogens is 3. The summed E-state index contributed by atoms with van der Waals surface area (Å²) in [5.41, 5.74) is 0.346. The molecule has 0 spiro atoms. The van der Waals surface area contributed by atoms with Crippen molar-refractivity contribution in [3.05, 3.63) is 11.9 Å². The summed E-state index contributed by atoms with van der Waals surface area (Å²) in [5, 5.41) is 60.9.